The van der Waals surface area contributed by atoms with Gasteiger partial charge in [0.15, 0.2) is 0 Å². The van der Waals surface area contributed by atoms with Crippen molar-refractivity contribution in [3.8, 4) is 11.5 Å². The predicted molar refractivity (Wildman–Crippen MR) is 87.9 cm³/mol. The van der Waals surface area contributed by atoms with Gasteiger partial charge in [-0.05, 0) is 52.6 Å². The minimum atomic E-state index is 0.382. The highest BCUT2D eigenvalue weighted by Crippen LogP contribution is 2.63. The Morgan fingerprint density at radius 1 is 1.10 bits per heavy atom. The Labute approximate surface area is 137 Å². The molecule has 2 aliphatic rings. The first-order chi connectivity index (χ1) is 9.69. The molecular formula is C16H20Br2O2. The fraction of sp³-hybridized carbons (Fsp3) is 0.625. The molecule has 20 heavy (non-hydrogen) atoms. The number of benzene rings is 1. The maximum absolute atomic E-state index is 5.61. The van der Waals surface area contributed by atoms with Crippen LogP contribution in [0.25, 0.3) is 0 Å². The minimum absolute atomic E-state index is 0.382. The molecule has 0 amide bonds. The summed E-state index contributed by atoms with van der Waals surface area (Å²) in [6, 6.07) is 4.15. The highest BCUT2D eigenvalue weighted by Gasteiger charge is 2.54. The SMILES string of the molecule is COc1ccc(C(Br)C2C3CCCCC32)c(OC)c1Br. The van der Waals surface area contributed by atoms with E-state index in [9.17, 15) is 0 Å². The third kappa shape index (κ3) is 2.39. The number of methoxy groups -OCH3 is 2. The van der Waals surface area contributed by atoms with Crippen LogP contribution in [0.2, 0.25) is 0 Å². The molecule has 4 heteroatoms. The molecule has 2 nitrogen and oxygen atoms in total. The predicted octanol–water partition coefficient (Wildman–Crippen LogP) is 5.34. The summed E-state index contributed by atoms with van der Waals surface area (Å²) in [5, 5.41) is 0. The van der Waals surface area contributed by atoms with Crippen molar-refractivity contribution < 1.29 is 9.47 Å². The Hall–Kier alpha value is -0.220. The maximum Gasteiger partial charge on any atom is 0.141 e. The van der Waals surface area contributed by atoms with E-state index in [1.165, 1.54) is 31.2 Å². The van der Waals surface area contributed by atoms with Crippen LogP contribution in [0.3, 0.4) is 0 Å². The quantitative estimate of drug-likeness (QED) is 0.631. The highest BCUT2D eigenvalue weighted by molar-refractivity contribution is 9.10. The second-order valence-electron chi connectivity index (χ2n) is 5.80. The van der Waals surface area contributed by atoms with E-state index in [1.54, 1.807) is 14.2 Å². The zero-order valence-electron chi connectivity index (χ0n) is 11.9. The fourth-order valence-corrected chi connectivity index (χ4v) is 5.65. The van der Waals surface area contributed by atoms with E-state index in [0.717, 1.165) is 33.7 Å². The number of hydrogen-bond donors (Lipinski definition) is 0. The largest absolute Gasteiger partial charge is 0.495 e. The third-order valence-corrected chi connectivity index (χ3v) is 6.73. The molecule has 3 atom stereocenters. The van der Waals surface area contributed by atoms with Crippen molar-refractivity contribution in [2.45, 2.75) is 30.5 Å². The summed E-state index contributed by atoms with van der Waals surface area (Å²) in [5.74, 6) is 4.32. The molecule has 0 saturated heterocycles. The maximum atomic E-state index is 5.61. The normalized spacial score (nSPS) is 29.5. The van der Waals surface area contributed by atoms with Crippen LogP contribution in [-0.4, -0.2) is 14.2 Å². The number of ether oxygens (including phenoxy) is 2. The molecule has 0 aromatic heterocycles. The van der Waals surface area contributed by atoms with Gasteiger partial charge in [0, 0.05) is 10.4 Å². The Morgan fingerprint density at radius 2 is 1.75 bits per heavy atom. The first-order valence-corrected chi connectivity index (χ1v) is 8.94. The molecule has 2 aliphatic carbocycles. The summed E-state index contributed by atoms with van der Waals surface area (Å²) in [6.07, 6.45) is 5.61. The van der Waals surface area contributed by atoms with Crippen molar-refractivity contribution in [1.82, 2.24) is 0 Å². The molecule has 0 heterocycles. The third-order valence-electron chi connectivity index (χ3n) is 4.87. The Morgan fingerprint density at radius 3 is 2.30 bits per heavy atom. The summed E-state index contributed by atoms with van der Waals surface area (Å²) in [5.41, 5.74) is 1.24. The Bertz CT molecular complexity index is 491. The van der Waals surface area contributed by atoms with Gasteiger partial charge in [0.2, 0.25) is 0 Å². The van der Waals surface area contributed by atoms with Crippen LogP contribution in [0, 0.1) is 17.8 Å². The van der Waals surface area contributed by atoms with Crippen molar-refractivity contribution >= 4 is 31.9 Å². The van der Waals surface area contributed by atoms with Crippen molar-refractivity contribution in [2.24, 2.45) is 17.8 Å². The van der Waals surface area contributed by atoms with Gasteiger partial charge >= 0.3 is 0 Å². The highest BCUT2D eigenvalue weighted by atomic mass is 79.9. The molecule has 3 unspecified atom stereocenters. The minimum Gasteiger partial charge on any atom is -0.495 e. The van der Waals surface area contributed by atoms with Gasteiger partial charge in [-0.25, -0.2) is 0 Å². The average Bonchev–Trinajstić information content (AvgIpc) is 3.20. The van der Waals surface area contributed by atoms with Crippen LogP contribution in [-0.2, 0) is 0 Å². The van der Waals surface area contributed by atoms with Gasteiger partial charge in [-0.1, -0.05) is 34.8 Å². The molecule has 0 bridgehead atoms. The summed E-state index contributed by atoms with van der Waals surface area (Å²) >= 11 is 7.53. The lowest BCUT2D eigenvalue weighted by atomic mass is 10.0. The number of fused-ring (bicyclic) bond motifs is 1. The standard InChI is InChI=1S/C16H20Br2O2/c1-19-12-8-7-11(16(20-2)15(12)18)14(17)13-9-5-3-4-6-10(9)13/h7-10,13-14H,3-6H2,1-2H3. The molecule has 1 aromatic rings. The second-order valence-corrected chi connectivity index (χ2v) is 7.58. The smallest absolute Gasteiger partial charge is 0.141 e. The number of rotatable bonds is 4. The van der Waals surface area contributed by atoms with Crippen LogP contribution >= 0.6 is 31.9 Å². The van der Waals surface area contributed by atoms with Gasteiger partial charge in [0.25, 0.3) is 0 Å². The van der Waals surface area contributed by atoms with E-state index < -0.39 is 0 Å². The number of halogens is 2. The van der Waals surface area contributed by atoms with Gasteiger partial charge in [-0.3, -0.25) is 0 Å². The van der Waals surface area contributed by atoms with Crippen molar-refractivity contribution in [2.75, 3.05) is 14.2 Å². The lowest BCUT2D eigenvalue weighted by molar-refractivity contribution is 0.385. The van der Waals surface area contributed by atoms with Crippen LogP contribution in [0.1, 0.15) is 36.1 Å². The van der Waals surface area contributed by atoms with E-state index in [1.807, 2.05) is 6.07 Å². The van der Waals surface area contributed by atoms with E-state index in [0.29, 0.717) is 4.83 Å². The Balaban J connectivity index is 1.88. The first kappa shape index (κ1) is 14.7. The monoisotopic (exact) mass is 402 g/mol. The lowest BCUT2D eigenvalue weighted by Gasteiger charge is -2.17. The molecule has 3 rings (SSSR count). The molecule has 1 aromatic carbocycles. The van der Waals surface area contributed by atoms with Gasteiger partial charge < -0.3 is 9.47 Å². The van der Waals surface area contributed by atoms with E-state index >= 15 is 0 Å². The number of hydrogen-bond acceptors (Lipinski definition) is 2. The van der Waals surface area contributed by atoms with Crippen molar-refractivity contribution in [1.29, 1.82) is 0 Å². The molecule has 0 N–H and O–H groups in total. The molecule has 0 aliphatic heterocycles. The van der Waals surface area contributed by atoms with Crippen LogP contribution in [0.15, 0.2) is 16.6 Å². The number of alkyl halides is 1. The lowest BCUT2D eigenvalue weighted by Crippen LogP contribution is -2.01. The van der Waals surface area contributed by atoms with Crippen molar-refractivity contribution in [3.63, 3.8) is 0 Å². The zero-order chi connectivity index (χ0) is 14.3. The van der Waals surface area contributed by atoms with E-state index in [4.69, 9.17) is 9.47 Å². The van der Waals surface area contributed by atoms with Crippen LogP contribution < -0.4 is 9.47 Å². The second kappa shape index (κ2) is 5.88. The molecule has 0 spiro atoms. The van der Waals surface area contributed by atoms with Gasteiger partial charge in [-0.2, -0.15) is 0 Å². The van der Waals surface area contributed by atoms with Gasteiger partial charge in [0.05, 0.1) is 14.2 Å². The molecule has 2 fully saturated rings. The van der Waals surface area contributed by atoms with Crippen LogP contribution in [0.5, 0.6) is 11.5 Å². The van der Waals surface area contributed by atoms with Gasteiger partial charge in [-0.15, -0.1) is 0 Å². The topological polar surface area (TPSA) is 18.5 Å². The first-order valence-electron chi connectivity index (χ1n) is 7.23. The van der Waals surface area contributed by atoms with Gasteiger partial charge in [0.1, 0.15) is 16.0 Å². The summed E-state index contributed by atoms with van der Waals surface area (Å²) in [4.78, 5) is 0.382. The van der Waals surface area contributed by atoms with Crippen LogP contribution in [0.4, 0.5) is 0 Å². The molecule has 0 radical (unpaired) electrons. The molecule has 110 valence electrons. The molecular weight excluding hydrogens is 384 g/mol. The fourth-order valence-electron chi connectivity index (χ4n) is 3.82. The average molecular weight is 404 g/mol. The summed E-state index contributed by atoms with van der Waals surface area (Å²) in [6.45, 7) is 0. The van der Waals surface area contributed by atoms with E-state index in [2.05, 4.69) is 37.9 Å². The zero-order valence-corrected chi connectivity index (χ0v) is 15.0. The Kier molecular flexibility index (Phi) is 4.32. The van der Waals surface area contributed by atoms with E-state index in [-0.39, 0.29) is 0 Å². The molecule has 2 saturated carbocycles. The van der Waals surface area contributed by atoms with Crippen molar-refractivity contribution in [3.05, 3.63) is 22.2 Å². The summed E-state index contributed by atoms with van der Waals surface area (Å²) in [7, 11) is 3.41. The summed E-state index contributed by atoms with van der Waals surface area (Å²) < 4.78 is 11.9.